The summed E-state index contributed by atoms with van der Waals surface area (Å²) in [5.74, 6) is 1.00. The molecule has 0 aliphatic heterocycles. The van der Waals surface area contributed by atoms with Gasteiger partial charge in [-0.05, 0) is 24.8 Å². The molecule has 1 unspecified atom stereocenters. The quantitative estimate of drug-likeness (QED) is 0.573. The summed E-state index contributed by atoms with van der Waals surface area (Å²) >= 11 is 1.84. The fraction of sp³-hybridized carbons (Fsp3) is 0.632. The van der Waals surface area contributed by atoms with Crippen molar-refractivity contribution in [1.29, 1.82) is 0 Å². The molecule has 0 aliphatic rings. The molecular weight excluding hydrogens is 274 g/mol. The van der Waals surface area contributed by atoms with Crippen molar-refractivity contribution in [3.63, 3.8) is 0 Å². The largest absolute Gasteiger partial charge is 0.246 e. The molecule has 0 fully saturated rings. The summed E-state index contributed by atoms with van der Waals surface area (Å²) in [4.78, 5) is 6.18. The Balaban J connectivity index is 3.05. The van der Waals surface area contributed by atoms with Crippen LogP contribution >= 0.6 is 11.3 Å². The van der Waals surface area contributed by atoms with Gasteiger partial charge in [0, 0.05) is 16.2 Å². The zero-order valence-corrected chi connectivity index (χ0v) is 15.8. The Morgan fingerprint density at radius 3 is 2.33 bits per heavy atom. The summed E-state index contributed by atoms with van der Waals surface area (Å²) in [7, 11) is 0. The van der Waals surface area contributed by atoms with Crippen LogP contribution in [0.5, 0.6) is 0 Å². The second-order valence-corrected chi connectivity index (χ2v) is 8.35. The van der Waals surface area contributed by atoms with E-state index in [9.17, 15) is 0 Å². The molecule has 1 heterocycles. The summed E-state index contributed by atoms with van der Waals surface area (Å²) < 4.78 is 0. The van der Waals surface area contributed by atoms with Crippen LogP contribution in [0.25, 0.3) is 0 Å². The van der Waals surface area contributed by atoms with E-state index >= 15 is 0 Å². The molecule has 1 aromatic heterocycles. The first kappa shape index (κ1) is 18.2. The molecule has 2 heteroatoms. The molecule has 1 rings (SSSR count). The Labute approximate surface area is 135 Å². The normalized spacial score (nSPS) is 15.2. The molecule has 0 saturated carbocycles. The third-order valence-electron chi connectivity index (χ3n) is 3.57. The Bertz CT molecular complexity index is 512. The van der Waals surface area contributed by atoms with E-state index in [-0.39, 0.29) is 5.41 Å². The van der Waals surface area contributed by atoms with Crippen molar-refractivity contribution in [2.45, 2.75) is 73.1 Å². The van der Waals surface area contributed by atoms with E-state index in [1.54, 1.807) is 0 Å². The minimum absolute atomic E-state index is 0.113. The van der Waals surface area contributed by atoms with E-state index in [1.807, 2.05) is 11.3 Å². The van der Waals surface area contributed by atoms with Crippen LogP contribution in [-0.4, -0.2) is 4.98 Å². The number of hydrogen-bond donors (Lipinski definition) is 0. The topological polar surface area (TPSA) is 12.9 Å². The third-order valence-corrected chi connectivity index (χ3v) is 4.74. The van der Waals surface area contributed by atoms with Crippen LogP contribution in [0.2, 0.25) is 0 Å². The Morgan fingerprint density at radius 1 is 1.24 bits per heavy atom. The lowest BCUT2D eigenvalue weighted by Crippen LogP contribution is -2.14. The van der Waals surface area contributed by atoms with E-state index < -0.39 is 0 Å². The Hall–Kier alpha value is -0.890. The lowest BCUT2D eigenvalue weighted by molar-refractivity contribution is 0.563. The predicted octanol–water partition coefficient (Wildman–Crippen LogP) is 6.40. The van der Waals surface area contributed by atoms with Gasteiger partial charge in [0.25, 0.3) is 0 Å². The molecule has 0 saturated heterocycles. The number of rotatable bonds is 5. The first-order chi connectivity index (χ1) is 9.66. The van der Waals surface area contributed by atoms with Crippen LogP contribution < -0.4 is 0 Å². The Kier molecular flexibility index (Phi) is 6.40. The molecule has 0 spiro atoms. The zero-order chi connectivity index (χ0) is 16.2. The molecule has 1 nitrogen and oxygen atoms in total. The molecule has 0 aliphatic carbocycles. The van der Waals surface area contributed by atoms with Gasteiger partial charge >= 0.3 is 0 Å². The summed E-state index contributed by atoms with van der Waals surface area (Å²) in [6.07, 6.45) is 8.07. The lowest BCUT2D eigenvalue weighted by Gasteiger charge is -2.19. The molecule has 1 atom stereocenters. The van der Waals surface area contributed by atoms with Crippen molar-refractivity contribution < 1.29 is 0 Å². The van der Waals surface area contributed by atoms with Crippen molar-refractivity contribution >= 4 is 11.3 Å². The molecule has 0 amide bonds. The van der Waals surface area contributed by atoms with Crippen molar-refractivity contribution in [2.24, 2.45) is 5.92 Å². The smallest absolute Gasteiger partial charge is 0.0900 e. The first-order valence-corrected chi connectivity index (χ1v) is 8.84. The van der Waals surface area contributed by atoms with Crippen LogP contribution in [0, 0.1) is 12.8 Å². The van der Waals surface area contributed by atoms with Gasteiger partial charge in [-0.2, -0.15) is 0 Å². The monoisotopic (exact) mass is 305 g/mol. The van der Waals surface area contributed by atoms with Gasteiger partial charge in [0.1, 0.15) is 0 Å². The number of nitrogens with zero attached hydrogens (tertiary/aromatic N) is 1. The van der Waals surface area contributed by atoms with Crippen molar-refractivity contribution in [3.05, 3.63) is 39.4 Å². The maximum Gasteiger partial charge on any atom is 0.0900 e. The van der Waals surface area contributed by atoms with E-state index in [4.69, 9.17) is 4.98 Å². The van der Waals surface area contributed by atoms with Crippen molar-refractivity contribution in [3.8, 4) is 0 Å². The average molecular weight is 306 g/mol. The standard InChI is InChI=1S/C19H31NS/c1-9-10-16(13(2)3)12-11-14(4)17-18(19(6,7)8)20-15(5)21-17/h10-14H,9H2,1-8H3/b12-11-,16-10+. The van der Waals surface area contributed by atoms with E-state index in [0.717, 1.165) is 6.42 Å². The van der Waals surface area contributed by atoms with Crippen molar-refractivity contribution in [1.82, 2.24) is 4.98 Å². The number of thiazole rings is 1. The van der Waals surface area contributed by atoms with Crippen LogP contribution in [0.3, 0.4) is 0 Å². The number of hydrogen-bond acceptors (Lipinski definition) is 2. The number of allylic oxidation sites excluding steroid dienone is 4. The first-order valence-electron chi connectivity index (χ1n) is 8.02. The number of aromatic nitrogens is 1. The zero-order valence-electron chi connectivity index (χ0n) is 14.9. The highest BCUT2D eigenvalue weighted by Crippen LogP contribution is 2.35. The summed E-state index contributed by atoms with van der Waals surface area (Å²) in [6, 6.07) is 0. The third kappa shape index (κ3) is 5.10. The van der Waals surface area contributed by atoms with Gasteiger partial charge in [0.2, 0.25) is 0 Å². The second kappa shape index (κ2) is 7.40. The second-order valence-electron chi connectivity index (χ2n) is 7.11. The predicted molar refractivity (Wildman–Crippen MR) is 96.3 cm³/mol. The van der Waals surface area contributed by atoms with Crippen LogP contribution in [0.1, 0.15) is 76.4 Å². The SMILES string of the molecule is CC/C=C(\C=C/C(C)c1sc(C)nc1C(C)(C)C)C(C)C. The van der Waals surface area contributed by atoms with Gasteiger partial charge in [-0.1, -0.05) is 66.7 Å². The molecule has 0 bridgehead atoms. The summed E-state index contributed by atoms with van der Waals surface area (Å²) in [5, 5.41) is 1.17. The molecule has 21 heavy (non-hydrogen) atoms. The average Bonchev–Trinajstić information content (AvgIpc) is 2.76. The maximum atomic E-state index is 4.77. The van der Waals surface area contributed by atoms with Crippen LogP contribution in [0.4, 0.5) is 0 Å². The van der Waals surface area contributed by atoms with Gasteiger partial charge in [0.15, 0.2) is 0 Å². The molecule has 0 aromatic carbocycles. The van der Waals surface area contributed by atoms with Crippen LogP contribution in [0.15, 0.2) is 23.8 Å². The lowest BCUT2D eigenvalue weighted by atomic mass is 9.88. The van der Waals surface area contributed by atoms with Gasteiger partial charge < -0.3 is 0 Å². The molecule has 118 valence electrons. The van der Waals surface area contributed by atoms with E-state index in [2.05, 4.69) is 73.6 Å². The van der Waals surface area contributed by atoms with Gasteiger partial charge in [0.05, 0.1) is 10.7 Å². The minimum atomic E-state index is 0.113. The van der Waals surface area contributed by atoms with Crippen molar-refractivity contribution in [2.75, 3.05) is 0 Å². The summed E-state index contributed by atoms with van der Waals surface area (Å²) in [6.45, 7) is 17.8. The highest BCUT2D eigenvalue weighted by atomic mass is 32.1. The Morgan fingerprint density at radius 2 is 1.86 bits per heavy atom. The fourth-order valence-corrected chi connectivity index (χ4v) is 3.53. The maximum absolute atomic E-state index is 4.77. The van der Waals surface area contributed by atoms with E-state index in [0.29, 0.717) is 11.8 Å². The van der Waals surface area contributed by atoms with Crippen LogP contribution in [-0.2, 0) is 5.41 Å². The minimum Gasteiger partial charge on any atom is -0.246 e. The highest BCUT2D eigenvalue weighted by molar-refractivity contribution is 7.11. The molecule has 0 N–H and O–H groups in total. The van der Waals surface area contributed by atoms with Gasteiger partial charge in [-0.15, -0.1) is 11.3 Å². The fourth-order valence-electron chi connectivity index (χ4n) is 2.36. The molecule has 1 aromatic rings. The van der Waals surface area contributed by atoms with Gasteiger partial charge in [-0.25, -0.2) is 4.98 Å². The van der Waals surface area contributed by atoms with E-state index in [1.165, 1.54) is 21.2 Å². The summed E-state index contributed by atoms with van der Waals surface area (Å²) in [5.41, 5.74) is 2.80. The highest BCUT2D eigenvalue weighted by Gasteiger charge is 2.24. The number of aryl methyl sites for hydroxylation is 1. The van der Waals surface area contributed by atoms with Gasteiger partial charge in [-0.3, -0.25) is 0 Å². The molecular formula is C19H31NS. The molecule has 0 radical (unpaired) electrons.